The van der Waals surface area contributed by atoms with Gasteiger partial charge in [-0.15, -0.1) is 0 Å². The molecule has 0 bridgehead atoms. The number of benzene rings is 1. The lowest BCUT2D eigenvalue weighted by molar-refractivity contribution is -0.119. The quantitative estimate of drug-likeness (QED) is 0.765. The van der Waals surface area contributed by atoms with E-state index in [0.29, 0.717) is 13.1 Å². The summed E-state index contributed by atoms with van der Waals surface area (Å²) in [5, 5.41) is 0. The van der Waals surface area contributed by atoms with E-state index in [9.17, 15) is 4.79 Å². The van der Waals surface area contributed by atoms with Crippen molar-refractivity contribution in [2.75, 3.05) is 13.7 Å². The first-order valence-corrected chi connectivity index (χ1v) is 6.36. The largest absolute Gasteiger partial charge is 0.496 e. The molecule has 0 aliphatic carbocycles. The molecule has 19 heavy (non-hydrogen) atoms. The highest BCUT2D eigenvalue weighted by Gasteiger charge is 2.13. The molecule has 0 aliphatic heterocycles. The minimum atomic E-state index is -0.318. The van der Waals surface area contributed by atoms with E-state index in [1.54, 1.807) is 7.11 Å². The lowest BCUT2D eigenvalue weighted by Crippen LogP contribution is -2.37. The first kappa shape index (κ1) is 15.5. The molecule has 106 valence electrons. The second kappa shape index (κ2) is 7.11. The number of primary amides is 1. The molecule has 0 aliphatic rings. The van der Waals surface area contributed by atoms with Crippen LogP contribution in [-0.2, 0) is 17.9 Å². The van der Waals surface area contributed by atoms with Crippen LogP contribution in [0.1, 0.15) is 25.0 Å². The van der Waals surface area contributed by atoms with Gasteiger partial charge < -0.3 is 16.2 Å². The maximum atomic E-state index is 11.1. The van der Waals surface area contributed by atoms with Crippen LogP contribution < -0.4 is 16.2 Å². The molecule has 0 atom stereocenters. The Labute approximate surface area is 114 Å². The monoisotopic (exact) mass is 265 g/mol. The number of rotatable bonds is 7. The third-order valence-electron chi connectivity index (χ3n) is 3.04. The first-order chi connectivity index (χ1) is 8.97. The van der Waals surface area contributed by atoms with Crippen LogP contribution in [0.5, 0.6) is 5.75 Å². The van der Waals surface area contributed by atoms with Crippen molar-refractivity contribution in [3.8, 4) is 5.75 Å². The number of amides is 1. The van der Waals surface area contributed by atoms with E-state index in [-0.39, 0.29) is 18.5 Å². The Morgan fingerprint density at radius 3 is 2.58 bits per heavy atom. The number of nitrogens with zero attached hydrogens (tertiary/aromatic N) is 1. The summed E-state index contributed by atoms with van der Waals surface area (Å²) in [6, 6.07) is 6.14. The van der Waals surface area contributed by atoms with Crippen LogP contribution in [-0.4, -0.2) is 30.5 Å². The van der Waals surface area contributed by atoms with Crippen molar-refractivity contribution in [3.05, 3.63) is 29.3 Å². The van der Waals surface area contributed by atoms with Gasteiger partial charge in [-0.1, -0.05) is 6.07 Å². The first-order valence-electron chi connectivity index (χ1n) is 6.36. The fraction of sp³-hybridized carbons (Fsp3) is 0.500. The minimum absolute atomic E-state index is 0.246. The lowest BCUT2D eigenvalue weighted by Gasteiger charge is -2.25. The summed E-state index contributed by atoms with van der Waals surface area (Å²) in [6.45, 7) is 5.42. The van der Waals surface area contributed by atoms with E-state index in [2.05, 4.69) is 0 Å². The standard InChI is InChI=1S/C14H23N3O2/c1-10(2)17(9-14(16)18)8-11-4-5-13(19-3)12(6-11)7-15/h4-6,10H,7-9,15H2,1-3H3,(H2,16,18). The SMILES string of the molecule is COc1ccc(CN(CC(N)=O)C(C)C)cc1CN. The smallest absolute Gasteiger partial charge is 0.231 e. The van der Waals surface area contributed by atoms with E-state index >= 15 is 0 Å². The third kappa shape index (κ3) is 4.54. The van der Waals surface area contributed by atoms with E-state index in [0.717, 1.165) is 16.9 Å². The number of carbonyl (C=O) groups is 1. The maximum absolute atomic E-state index is 11.1. The van der Waals surface area contributed by atoms with Gasteiger partial charge in [-0.05, 0) is 31.5 Å². The highest BCUT2D eigenvalue weighted by atomic mass is 16.5. The fourth-order valence-electron chi connectivity index (χ4n) is 1.95. The van der Waals surface area contributed by atoms with Crippen molar-refractivity contribution >= 4 is 5.91 Å². The molecular weight excluding hydrogens is 242 g/mol. The van der Waals surface area contributed by atoms with Gasteiger partial charge in [0.2, 0.25) is 5.91 Å². The van der Waals surface area contributed by atoms with Crippen LogP contribution in [0.4, 0.5) is 0 Å². The van der Waals surface area contributed by atoms with Gasteiger partial charge >= 0.3 is 0 Å². The van der Waals surface area contributed by atoms with Gasteiger partial charge in [-0.3, -0.25) is 9.69 Å². The molecule has 5 nitrogen and oxygen atoms in total. The molecule has 1 aromatic rings. The Morgan fingerprint density at radius 1 is 1.42 bits per heavy atom. The maximum Gasteiger partial charge on any atom is 0.231 e. The van der Waals surface area contributed by atoms with Crippen LogP contribution >= 0.6 is 0 Å². The summed E-state index contributed by atoms with van der Waals surface area (Å²) in [5.41, 5.74) is 13.0. The predicted molar refractivity (Wildman–Crippen MR) is 75.6 cm³/mol. The molecule has 0 heterocycles. The Balaban J connectivity index is 2.87. The van der Waals surface area contributed by atoms with Crippen molar-refractivity contribution in [2.24, 2.45) is 11.5 Å². The Bertz CT molecular complexity index is 433. The molecular formula is C14H23N3O2. The second-order valence-electron chi connectivity index (χ2n) is 4.82. The highest BCUT2D eigenvalue weighted by Crippen LogP contribution is 2.20. The number of nitrogens with two attached hydrogens (primary N) is 2. The van der Waals surface area contributed by atoms with Crippen molar-refractivity contribution in [1.29, 1.82) is 0 Å². The van der Waals surface area contributed by atoms with Crippen molar-refractivity contribution in [1.82, 2.24) is 4.90 Å². The van der Waals surface area contributed by atoms with E-state index in [1.807, 2.05) is 36.9 Å². The summed E-state index contributed by atoms with van der Waals surface area (Å²) in [4.78, 5) is 13.1. The van der Waals surface area contributed by atoms with Crippen molar-refractivity contribution < 1.29 is 9.53 Å². The summed E-state index contributed by atoms with van der Waals surface area (Å²) in [7, 11) is 1.63. The Hall–Kier alpha value is -1.59. The Kier molecular flexibility index (Phi) is 5.79. The third-order valence-corrected chi connectivity index (χ3v) is 3.04. The normalized spacial score (nSPS) is 11.1. The molecule has 4 N–H and O–H groups in total. The van der Waals surface area contributed by atoms with Gasteiger partial charge in [-0.25, -0.2) is 0 Å². The molecule has 0 saturated heterocycles. The van der Waals surface area contributed by atoms with Crippen molar-refractivity contribution in [3.63, 3.8) is 0 Å². The number of hydrogen-bond donors (Lipinski definition) is 2. The van der Waals surface area contributed by atoms with Gasteiger partial charge in [0.1, 0.15) is 5.75 Å². The van der Waals surface area contributed by atoms with Crippen LogP contribution in [0.15, 0.2) is 18.2 Å². The molecule has 0 radical (unpaired) electrons. The van der Waals surface area contributed by atoms with Crippen LogP contribution in [0.2, 0.25) is 0 Å². The molecule has 0 spiro atoms. The topological polar surface area (TPSA) is 81.6 Å². The summed E-state index contributed by atoms with van der Waals surface area (Å²) >= 11 is 0. The van der Waals surface area contributed by atoms with Gasteiger partial charge in [0.05, 0.1) is 13.7 Å². The number of methoxy groups -OCH3 is 1. The van der Waals surface area contributed by atoms with Crippen LogP contribution in [0.3, 0.4) is 0 Å². The molecule has 0 aromatic heterocycles. The molecule has 5 heteroatoms. The highest BCUT2D eigenvalue weighted by molar-refractivity contribution is 5.75. The average molecular weight is 265 g/mol. The van der Waals surface area contributed by atoms with Gasteiger partial charge in [0, 0.05) is 24.7 Å². The van der Waals surface area contributed by atoms with Gasteiger partial charge in [-0.2, -0.15) is 0 Å². The number of carbonyl (C=O) groups excluding carboxylic acids is 1. The second-order valence-corrected chi connectivity index (χ2v) is 4.82. The molecule has 1 amide bonds. The summed E-state index contributed by atoms with van der Waals surface area (Å²) in [5.74, 6) is 0.471. The number of hydrogen-bond acceptors (Lipinski definition) is 4. The summed E-state index contributed by atoms with van der Waals surface area (Å²) < 4.78 is 5.24. The van der Waals surface area contributed by atoms with E-state index < -0.39 is 0 Å². The molecule has 1 aromatic carbocycles. The van der Waals surface area contributed by atoms with E-state index in [1.165, 1.54) is 0 Å². The van der Waals surface area contributed by atoms with E-state index in [4.69, 9.17) is 16.2 Å². The van der Waals surface area contributed by atoms with Gasteiger partial charge in [0.15, 0.2) is 0 Å². The zero-order valence-corrected chi connectivity index (χ0v) is 11.8. The zero-order chi connectivity index (χ0) is 14.4. The predicted octanol–water partition coefficient (Wildman–Crippen LogP) is 0.850. The average Bonchev–Trinajstić information content (AvgIpc) is 2.37. The molecule has 1 rings (SSSR count). The van der Waals surface area contributed by atoms with Crippen LogP contribution in [0, 0.1) is 0 Å². The zero-order valence-electron chi connectivity index (χ0n) is 11.8. The number of ether oxygens (including phenoxy) is 1. The molecule has 0 fully saturated rings. The Morgan fingerprint density at radius 2 is 2.11 bits per heavy atom. The minimum Gasteiger partial charge on any atom is -0.496 e. The van der Waals surface area contributed by atoms with Crippen molar-refractivity contribution in [2.45, 2.75) is 33.0 Å². The van der Waals surface area contributed by atoms with Gasteiger partial charge in [0.25, 0.3) is 0 Å². The summed E-state index contributed by atoms with van der Waals surface area (Å²) in [6.07, 6.45) is 0. The lowest BCUT2D eigenvalue weighted by atomic mass is 10.1. The fourth-order valence-corrected chi connectivity index (χ4v) is 1.95. The molecule has 0 unspecified atom stereocenters. The van der Waals surface area contributed by atoms with Crippen LogP contribution in [0.25, 0.3) is 0 Å². The molecule has 0 saturated carbocycles.